The number of methoxy groups -OCH3 is 1. The average Bonchev–Trinajstić information content (AvgIpc) is 3.47. The van der Waals surface area contributed by atoms with E-state index in [-0.39, 0.29) is 22.9 Å². The third-order valence-electron chi connectivity index (χ3n) is 5.25. The highest BCUT2D eigenvalue weighted by atomic mass is 19.1. The van der Waals surface area contributed by atoms with Crippen molar-refractivity contribution in [2.24, 2.45) is 0 Å². The highest BCUT2D eigenvalue weighted by Gasteiger charge is 2.31. The molecule has 1 aliphatic rings. The second-order valence-electron chi connectivity index (χ2n) is 7.20. The van der Waals surface area contributed by atoms with Crippen LogP contribution in [-0.2, 0) is 0 Å². The van der Waals surface area contributed by atoms with Gasteiger partial charge in [0.2, 0.25) is 5.43 Å². The zero-order valence-electron chi connectivity index (χ0n) is 15.8. The predicted octanol–water partition coefficient (Wildman–Crippen LogP) is 2.50. The van der Waals surface area contributed by atoms with E-state index < -0.39 is 22.8 Å². The number of pyridine rings is 1. The Bertz CT molecular complexity index is 1420. The van der Waals surface area contributed by atoms with Gasteiger partial charge in [-0.05, 0) is 37.1 Å². The Morgan fingerprint density at radius 1 is 1.33 bits per heavy atom. The van der Waals surface area contributed by atoms with Gasteiger partial charge in [0.15, 0.2) is 11.6 Å². The van der Waals surface area contributed by atoms with Gasteiger partial charge in [-0.15, -0.1) is 5.10 Å². The van der Waals surface area contributed by atoms with Crippen LogP contribution in [0.5, 0.6) is 5.75 Å². The molecule has 0 unspecified atom stereocenters. The number of anilines is 1. The molecule has 0 saturated heterocycles. The molecule has 0 radical (unpaired) electrons. The van der Waals surface area contributed by atoms with Gasteiger partial charge in [-0.25, -0.2) is 13.9 Å². The maximum atomic E-state index is 15.3. The van der Waals surface area contributed by atoms with Gasteiger partial charge in [0, 0.05) is 17.9 Å². The van der Waals surface area contributed by atoms with Crippen molar-refractivity contribution in [2.45, 2.75) is 18.9 Å². The summed E-state index contributed by atoms with van der Waals surface area (Å²) in [6.45, 7) is 0. The number of nitrogens with two attached hydrogens (primary N) is 1. The van der Waals surface area contributed by atoms with Crippen molar-refractivity contribution in [2.75, 3.05) is 12.8 Å². The second kappa shape index (κ2) is 6.28. The van der Waals surface area contributed by atoms with E-state index in [9.17, 15) is 14.7 Å². The van der Waals surface area contributed by atoms with Crippen LogP contribution in [0, 0.1) is 5.82 Å². The Morgan fingerprint density at radius 3 is 2.77 bits per heavy atom. The minimum absolute atomic E-state index is 0.00528. The standard InChI is InChI=1S/C20H16FN5O4/c1-30-19-16-11(18(27)12(20(28)29)8-25(16)10-3-4-10)7-13(21)17(19)26-15-5-2-9(22)6-14(15)23-24-26/h2,5-8,10H,3-4,22H2,1H3,(H,28,29). The molecule has 2 heterocycles. The van der Waals surface area contributed by atoms with Gasteiger partial charge in [0.05, 0.1) is 23.5 Å². The van der Waals surface area contributed by atoms with Gasteiger partial charge in [-0.2, -0.15) is 0 Å². The number of carboxylic acids is 1. The topological polar surface area (TPSA) is 125 Å². The number of nitrogen functional groups attached to an aromatic ring is 1. The molecule has 5 rings (SSSR count). The van der Waals surface area contributed by atoms with Crippen LogP contribution in [0.1, 0.15) is 29.2 Å². The Kier molecular flexibility index (Phi) is 3.79. The lowest BCUT2D eigenvalue weighted by Gasteiger charge is -2.18. The molecule has 0 bridgehead atoms. The van der Waals surface area contributed by atoms with E-state index in [4.69, 9.17) is 10.5 Å². The molecule has 0 atom stereocenters. The molecule has 4 aromatic rings. The molecular weight excluding hydrogens is 393 g/mol. The van der Waals surface area contributed by atoms with Crippen molar-refractivity contribution in [1.82, 2.24) is 19.6 Å². The number of rotatable bonds is 4. The van der Waals surface area contributed by atoms with Crippen LogP contribution < -0.4 is 15.9 Å². The Hall–Kier alpha value is -3.95. The number of ether oxygens (including phenoxy) is 1. The zero-order valence-corrected chi connectivity index (χ0v) is 15.8. The van der Waals surface area contributed by atoms with Crippen molar-refractivity contribution in [3.05, 3.63) is 52.1 Å². The van der Waals surface area contributed by atoms with E-state index in [1.165, 1.54) is 18.0 Å². The first-order chi connectivity index (χ1) is 14.4. The first-order valence-electron chi connectivity index (χ1n) is 9.20. The summed E-state index contributed by atoms with van der Waals surface area (Å²) in [5, 5.41) is 17.5. The van der Waals surface area contributed by atoms with Crippen molar-refractivity contribution in [3.63, 3.8) is 0 Å². The monoisotopic (exact) mass is 409 g/mol. The van der Waals surface area contributed by atoms with Crippen molar-refractivity contribution in [3.8, 4) is 11.4 Å². The first kappa shape index (κ1) is 18.1. The molecule has 1 saturated carbocycles. The minimum atomic E-state index is -1.36. The summed E-state index contributed by atoms with van der Waals surface area (Å²) in [7, 11) is 1.36. The lowest BCUT2D eigenvalue weighted by atomic mass is 10.1. The smallest absolute Gasteiger partial charge is 0.341 e. The van der Waals surface area contributed by atoms with Crippen LogP contribution in [0.4, 0.5) is 10.1 Å². The highest BCUT2D eigenvalue weighted by molar-refractivity contribution is 5.96. The van der Waals surface area contributed by atoms with Gasteiger partial charge in [-0.1, -0.05) is 5.21 Å². The van der Waals surface area contributed by atoms with Crippen molar-refractivity contribution < 1.29 is 19.0 Å². The molecule has 152 valence electrons. The normalized spacial score (nSPS) is 13.8. The fraction of sp³-hybridized carbons (Fsp3) is 0.200. The number of aromatic nitrogens is 4. The molecule has 30 heavy (non-hydrogen) atoms. The maximum absolute atomic E-state index is 15.3. The zero-order chi connectivity index (χ0) is 21.2. The van der Waals surface area contributed by atoms with Crippen LogP contribution >= 0.6 is 0 Å². The van der Waals surface area contributed by atoms with E-state index in [0.717, 1.165) is 18.9 Å². The Labute approximate surface area is 168 Å². The van der Waals surface area contributed by atoms with Crippen LogP contribution in [0.15, 0.2) is 35.3 Å². The number of halogens is 1. The third-order valence-corrected chi connectivity index (χ3v) is 5.25. The summed E-state index contributed by atoms with van der Waals surface area (Å²) in [6, 6.07) is 5.96. The largest absolute Gasteiger partial charge is 0.492 e. The van der Waals surface area contributed by atoms with Gasteiger partial charge >= 0.3 is 5.97 Å². The molecule has 0 aliphatic heterocycles. The van der Waals surface area contributed by atoms with Crippen LogP contribution in [0.3, 0.4) is 0 Å². The van der Waals surface area contributed by atoms with Crippen molar-refractivity contribution in [1.29, 1.82) is 0 Å². The molecular formula is C20H16FN5O4. The number of carbonyl (C=O) groups is 1. The van der Waals surface area contributed by atoms with Gasteiger partial charge in [0.25, 0.3) is 0 Å². The van der Waals surface area contributed by atoms with E-state index in [0.29, 0.717) is 22.2 Å². The lowest BCUT2D eigenvalue weighted by molar-refractivity contribution is 0.0695. The van der Waals surface area contributed by atoms with Crippen molar-refractivity contribution >= 4 is 33.6 Å². The SMILES string of the molecule is COc1c(-n2nnc3cc(N)ccc32)c(F)cc2c(=O)c(C(=O)O)cn(C3CC3)c12. The number of hydrogen-bond acceptors (Lipinski definition) is 6. The number of nitrogens with zero attached hydrogens (tertiary/aromatic N) is 4. The Balaban J connectivity index is 1.91. The molecule has 1 aliphatic carbocycles. The van der Waals surface area contributed by atoms with Gasteiger partial charge in [-0.3, -0.25) is 4.79 Å². The van der Waals surface area contributed by atoms with Gasteiger partial charge < -0.3 is 20.1 Å². The fourth-order valence-electron chi connectivity index (χ4n) is 3.73. The summed E-state index contributed by atoms with van der Waals surface area (Å²) in [5.74, 6) is -2.07. The minimum Gasteiger partial charge on any atom is -0.492 e. The first-order valence-corrected chi connectivity index (χ1v) is 9.20. The van der Waals surface area contributed by atoms with Gasteiger partial charge in [0.1, 0.15) is 16.8 Å². The highest BCUT2D eigenvalue weighted by Crippen LogP contribution is 2.42. The maximum Gasteiger partial charge on any atom is 0.341 e. The summed E-state index contributed by atoms with van der Waals surface area (Å²) in [6.07, 6.45) is 2.94. The van der Waals surface area contributed by atoms with E-state index in [1.807, 2.05) is 0 Å². The fourth-order valence-corrected chi connectivity index (χ4v) is 3.73. The number of hydrogen-bond donors (Lipinski definition) is 2. The van der Waals surface area contributed by atoms with E-state index >= 15 is 4.39 Å². The number of benzene rings is 2. The summed E-state index contributed by atoms with van der Waals surface area (Å²) in [4.78, 5) is 24.3. The molecule has 2 aromatic carbocycles. The van der Waals surface area contributed by atoms with Crippen LogP contribution in [-0.4, -0.2) is 37.7 Å². The summed E-state index contributed by atoms with van der Waals surface area (Å²) in [5.41, 5.74) is 6.37. The predicted molar refractivity (Wildman–Crippen MR) is 107 cm³/mol. The van der Waals surface area contributed by atoms with Crippen LogP contribution in [0.2, 0.25) is 0 Å². The number of aromatic carboxylic acids is 1. The lowest BCUT2D eigenvalue weighted by Crippen LogP contribution is -2.20. The molecule has 10 heteroatoms. The number of fused-ring (bicyclic) bond motifs is 2. The van der Waals surface area contributed by atoms with Crippen LogP contribution in [0.25, 0.3) is 27.6 Å². The second-order valence-corrected chi connectivity index (χ2v) is 7.20. The van der Waals surface area contributed by atoms with E-state index in [1.54, 1.807) is 22.8 Å². The molecule has 1 fully saturated rings. The Morgan fingerprint density at radius 2 is 2.10 bits per heavy atom. The van der Waals surface area contributed by atoms with E-state index in [2.05, 4.69) is 10.3 Å². The molecule has 0 amide bonds. The number of carboxylic acid groups (broad SMARTS) is 1. The molecule has 9 nitrogen and oxygen atoms in total. The molecule has 2 aromatic heterocycles. The average molecular weight is 409 g/mol. The quantitative estimate of drug-likeness (QED) is 0.496. The third kappa shape index (κ3) is 2.53. The molecule has 3 N–H and O–H groups in total. The molecule has 0 spiro atoms. The summed E-state index contributed by atoms with van der Waals surface area (Å²) >= 11 is 0. The summed E-state index contributed by atoms with van der Waals surface area (Å²) < 4.78 is 23.8.